The predicted molar refractivity (Wildman–Crippen MR) is 62.9 cm³/mol. The molecule has 0 saturated heterocycles. The number of halogens is 5. The molecule has 0 aromatic carbocycles. The molecule has 0 aliphatic carbocycles. The Labute approximate surface area is 115 Å². The molecule has 17 heavy (non-hydrogen) atoms. The second kappa shape index (κ2) is 5.33. The minimum absolute atomic E-state index is 0.0845. The first-order valence-electron chi connectivity index (χ1n) is 3.90. The van der Waals surface area contributed by atoms with Gasteiger partial charge in [-0.05, 0) is 22.6 Å². The molecule has 0 N–H and O–H groups in total. The zero-order chi connectivity index (χ0) is 13.2. The summed E-state index contributed by atoms with van der Waals surface area (Å²) in [6, 6.07) is 0.640. The summed E-state index contributed by atoms with van der Waals surface area (Å²) in [5.41, 5.74) is -0.367. The number of ether oxygens (including phenoxy) is 1. The molecule has 0 saturated carbocycles. The van der Waals surface area contributed by atoms with E-state index in [1.807, 2.05) is 0 Å². The quantitative estimate of drug-likeness (QED) is 0.321. The molecular formula is C7H3BrF3IN2O3. The molecule has 5 nitrogen and oxygen atoms in total. The van der Waals surface area contributed by atoms with E-state index in [1.54, 1.807) is 22.6 Å². The average molecular weight is 427 g/mol. The lowest BCUT2D eigenvalue weighted by Crippen LogP contribution is -2.18. The zero-order valence-corrected chi connectivity index (χ0v) is 11.5. The van der Waals surface area contributed by atoms with E-state index in [0.29, 0.717) is 6.07 Å². The zero-order valence-electron chi connectivity index (χ0n) is 7.79. The van der Waals surface area contributed by atoms with Gasteiger partial charge in [-0.1, -0.05) is 15.9 Å². The first kappa shape index (κ1) is 14.4. The maximum absolute atomic E-state index is 12.0. The fraction of sp³-hybridized carbons (Fsp3) is 0.286. The fourth-order valence-electron chi connectivity index (χ4n) is 0.935. The first-order chi connectivity index (χ1) is 7.74. The Hall–Kier alpha value is -0.650. The van der Waals surface area contributed by atoms with Gasteiger partial charge < -0.3 is 4.74 Å². The highest BCUT2D eigenvalue weighted by molar-refractivity contribution is 14.1. The largest absolute Gasteiger partial charge is 0.574 e. The number of nitro groups is 1. The van der Waals surface area contributed by atoms with Crippen LogP contribution in [0.4, 0.5) is 18.9 Å². The molecule has 0 bridgehead atoms. The molecule has 1 rings (SSSR count). The van der Waals surface area contributed by atoms with E-state index in [2.05, 4.69) is 25.7 Å². The van der Waals surface area contributed by atoms with Gasteiger partial charge in [0.1, 0.15) is 3.57 Å². The minimum Gasteiger partial charge on any atom is -0.388 e. The van der Waals surface area contributed by atoms with Crippen molar-refractivity contribution in [3.8, 4) is 5.88 Å². The van der Waals surface area contributed by atoms with Gasteiger partial charge in [-0.2, -0.15) is 0 Å². The number of hydrogen-bond acceptors (Lipinski definition) is 4. The van der Waals surface area contributed by atoms with Gasteiger partial charge in [0.2, 0.25) is 5.88 Å². The van der Waals surface area contributed by atoms with Crippen LogP contribution in [0, 0.1) is 13.7 Å². The van der Waals surface area contributed by atoms with Gasteiger partial charge in [0, 0.05) is 5.33 Å². The minimum atomic E-state index is -4.93. The number of pyridine rings is 1. The Morgan fingerprint density at radius 2 is 2.18 bits per heavy atom. The van der Waals surface area contributed by atoms with Crippen LogP contribution in [-0.2, 0) is 5.33 Å². The lowest BCUT2D eigenvalue weighted by atomic mass is 10.3. The van der Waals surface area contributed by atoms with Gasteiger partial charge >= 0.3 is 6.36 Å². The summed E-state index contributed by atoms with van der Waals surface area (Å²) >= 11 is 4.62. The van der Waals surface area contributed by atoms with Gasteiger partial charge in [-0.25, -0.2) is 4.98 Å². The van der Waals surface area contributed by atoms with Crippen LogP contribution in [0.1, 0.15) is 5.69 Å². The van der Waals surface area contributed by atoms with Gasteiger partial charge in [-0.3, -0.25) is 10.1 Å². The first-order valence-corrected chi connectivity index (χ1v) is 6.10. The predicted octanol–water partition coefficient (Wildman–Crippen LogP) is 3.39. The van der Waals surface area contributed by atoms with Crippen LogP contribution in [0.25, 0.3) is 0 Å². The van der Waals surface area contributed by atoms with Crippen molar-refractivity contribution in [3.63, 3.8) is 0 Å². The van der Waals surface area contributed by atoms with E-state index in [-0.39, 0.29) is 14.6 Å². The van der Waals surface area contributed by atoms with Crippen molar-refractivity contribution in [1.82, 2.24) is 4.98 Å². The third-order valence-electron chi connectivity index (χ3n) is 1.53. The fourth-order valence-corrected chi connectivity index (χ4v) is 2.53. The van der Waals surface area contributed by atoms with Crippen LogP contribution in [0.2, 0.25) is 0 Å². The summed E-state index contributed by atoms with van der Waals surface area (Å²) < 4.78 is 39.6. The Bertz CT molecular complexity index is 455. The second-order valence-electron chi connectivity index (χ2n) is 2.68. The molecule has 94 valence electrons. The molecule has 0 aliphatic heterocycles. The molecular weight excluding hydrogens is 424 g/mol. The molecule has 0 atom stereocenters. The van der Waals surface area contributed by atoms with E-state index in [9.17, 15) is 23.3 Å². The normalized spacial score (nSPS) is 11.4. The van der Waals surface area contributed by atoms with E-state index < -0.39 is 22.9 Å². The van der Waals surface area contributed by atoms with Gasteiger partial charge in [0.25, 0.3) is 5.69 Å². The van der Waals surface area contributed by atoms with Crippen molar-refractivity contribution in [2.45, 2.75) is 11.7 Å². The number of rotatable bonds is 3. The van der Waals surface area contributed by atoms with Gasteiger partial charge in [0.15, 0.2) is 0 Å². The topological polar surface area (TPSA) is 65.3 Å². The van der Waals surface area contributed by atoms with E-state index in [0.717, 1.165) is 0 Å². The highest BCUT2D eigenvalue weighted by atomic mass is 127. The smallest absolute Gasteiger partial charge is 0.388 e. The SMILES string of the molecule is O=[N+]([O-])c1cc(OC(F)(F)F)nc(CBr)c1I. The van der Waals surface area contributed by atoms with Crippen LogP contribution in [-0.4, -0.2) is 16.3 Å². The second-order valence-corrected chi connectivity index (χ2v) is 4.32. The highest BCUT2D eigenvalue weighted by Crippen LogP contribution is 2.30. The lowest BCUT2D eigenvalue weighted by Gasteiger charge is -2.09. The molecule has 1 aromatic heterocycles. The summed E-state index contributed by atoms with van der Waals surface area (Å²) in [7, 11) is 0. The van der Waals surface area contributed by atoms with E-state index in [1.165, 1.54) is 0 Å². The molecule has 0 unspecified atom stereocenters. The Kier molecular flexibility index (Phi) is 4.52. The number of hydrogen-bond donors (Lipinski definition) is 0. The third kappa shape index (κ3) is 3.94. The molecule has 10 heteroatoms. The average Bonchev–Trinajstić information content (AvgIpc) is 2.17. The molecule has 0 fully saturated rings. The molecule has 0 radical (unpaired) electrons. The number of nitrogens with zero attached hydrogens (tertiary/aromatic N) is 2. The summed E-state index contributed by atoms with van der Waals surface area (Å²) in [6.07, 6.45) is -4.93. The summed E-state index contributed by atoms with van der Waals surface area (Å²) in [5.74, 6) is -0.848. The Morgan fingerprint density at radius 1 is 1.59 bits per heavy atom. The maximum atomic E-state index is 12.0. The van der Waals surface area contributed by atoms with Crippen LogP contribution < -0.4 is 4.74 Å². The Morgan fingerprint density at radius 3 is 2.59 bits per heavy atom. The van der Waals surface area contributed by atoms with Crippen molar-refractivity contribution < 1.29 is 22.8 Å². The van der Waals surface area contributed by atoms with Crippen molar-refractivity contribution in [1.29, 1.82) is 0 Å². The number of aromatic nitrogens is 1. The summed E-state index contributed by atoms with van der Waals surface area (Å²) in [6.45, 7) is 0. The van der Waals surface area contributed by atoms with Gasteiger partial charge in [-0.15, -0.1) is 13.2 Å². The molecule has 0 spiro atoms. The molecule has 1 aromatic rings. The summed E-state index contributed by atoms with van der Waals surface area (Å²) in [4.78, 5) is 13.4. The summed E-state index contributed by atoms with van der Waals surface area (Å²) in [5, 5.41) is 10.7. The van der Waals surface area contributed by atoms with Crippen LogP contribution in [0.3, 0.4) is 0 Å². The standard InChI is InChI=1S/C7H3BrF3IN2O3/c8-2-3-6(12)4(14(15)16)1-5(13-3)17-7(9,10)11/h1H,2H2. The van der Waals surface area contributed by atoms with Crippen molar-refractivity contribution in [2.24, 2.45) is 0 Å². The Balaban J connectivity index is 3.25. The van der Waals surface area contributed by atoms with Crippen LogP contribution >= 0.6 is 38.5 Å². The number of alkyl halides is 4. The molecule has 1 heterocycles. The van der Waals surface area contributed by atoms with Crippen molar-refractivity contribution >= 4 is 44.2 Å². The molecule has 0 amide bonds. The maximum Gasteiger partial charge on any atom is 0.574 e. The lowest BCUT2D eigenvalue weighted by molar-refractivity contribution is -0.386. The van der Waals surface area contributed by atoms with Gasteiger partial charge in [0.05, 0.1) is 16.7 Å². The monoisotopic (exact) mass is 426 g/mol. The van der Waals surface area contributed by atoms with E-state index >= 15 is 0 Å². The highest BCUT2D eigenvalue weighted by Gasteiger charge is 2.33. The van der Waals surface area contributed by atoms with Crippen molar-refractivity contribution in [2.75, 3.05) is 0 Å². The van der Waals surface area contributed by atoms with Crippen molar-refractivity contribution in [3.05, 3.63) is 25.4 Å². The van der Waals surface area contributed by atoms with Crippen LogP contribution in [0.5, 0.6) is 5.88 Å². The third-order valence-corrected chi connectivity index (χ3v) is 3.23. The molecule has 0 aliphatic rings. The van der Waals surface area contributed by atoms with E-state index in [4.69, 9.17) is 0 Å². The van der Waals surface area contributed by atoms with Crippen LogP contribution in [0.15, 0.2) is 6.07 Å².